The molecular weight excluding hydrogens is 286 g/mol. The molecule has 2 aromatic carbocycles. The largest absolute Gasteiger partial charge is 0.334 e. The minimum atomic E-state index is 0.432. The average molecular weight is 296 g/mol. The van der Waals surface area contributed by atoms with E-state index in [9.17, 15) is 0 Å². The van der Waals surface area contributed by atoms with Gasteiger partial charge in [0.25, 0.3) is 5.89 Å². The van der Waals surface area contributed by atoms with Gasteiger partial charge in [-0.2, -0.15) is 10.2 Å². The van der Waals surface area contributed by atoms with Crippen LogP contribution in [0.5, 0.6) is 0 Å². The highest BCUT2D eigenvalue weighted by Crippen LogP contribution is 2.26. The monoisotopic (exact) mass is 295 g/mol. The fourth-order valence-corrected chi connectivity index (χ4v) is 2.15. The van der Waals surface area contributed by atoms with Crippen LogP contribution in [0.25, 0.3) is 22.8 Å². The second-order valence-electron chi connectivity index (χ2n) is 4.57. The predicted octanol–water partition coefficient (Wildman–Crippen LogP) is 4.24. The topological polar surface area (TPSA) is 62.7 Å². The highest BCUT2D eigenvalue weighted by Gasteiger charge is 2.12. The maximum atomic E-state index is 8.89. The average Bonchev–Trinajstić information content (AvgIpc) is 2.97. The number of halogens is 1. The van der Waals surface area contributed by atoms with E-state index in [1.54, 1.807) is 24.3 Å². The zero-order chi connectivity index (χ0) is 14.8. The summed E-state index contributed by atoms with van der Waals surface area (Å²) in [6.07, 6.45) is 0. The van der Waals surface area contributed by atoms with E-state index in [1.807, 2.05) is 25.1 Å². The molecule has 4 nitrogen and oxygen atoms in total. The van der Waals surface area contributed by atoms with Gasteiger partial charge in [-0.3, -0.25) is 0 Å². The molecule has 3 rings (SSSR count). The number of nitriles is 1. The van der Waals surface area contributed by atoms with Gasteiger partial charge in [0.05, 0.1) is 11.6 Å². The van der Waals surface area contributed by atoms with E-state index in [1.165, 1.54) is 0 Å². The Balaban J connectivity index is 1.99. The Morgan fingerprint density at radius 1 is 1.14 bits per heavy atom. The number of hydrogen-bond donors (Lipinski definition) is 0. The summed E-state index contributed by atoms with van der Waals surface area (Å²) in [5, 5.41) is 13.5. The van der Waals surface area contributed by atoms with Gasteiger partial charge in [0.15, 0.2) is 0 Å². The molecule has 0 aliphatic heterocycles. The molecule has 1 aromatic heterocycles. The maximum Gasteiger partial charge on any atom is 0.258 e. The number of nitrogens with zero attached hydrogens (tertiary/aromatic N) is 3. The van der Waals surface area contributed by atoms with E-state index in [0.717, 1.165) is 16.7 Å². The van der Waals surface area contributed by atoms with E-state index >= 15 is 0 Å². The van der Waals surface area contributed by atoms with Crippen LogP contribution in [0.3, 0.4) is 0 Å². The Morgan fingerprint density at radius 2 is 1.90 bits per heavy atom. The van der Waals surface area contributed by atoms with Crippen molar-refractivity contribution in [3.8, 4) is 28.9 Å². The summed E-state index contributed by atoms with van der Waals surface area (Å²) in [7, 11) is 0. The molecule has 0 saturated heterocycles. The molecule has 0 aliphatic carbocycles. The summed E-state index contributed by atoms with van der Waals surface area (Å²) in [5.74, 6) is 0.937. The van der Waals surface area contributed by atoms with Crippen molar-refractivity contribution in [1.82, 2.24) is 10.1 Å². The van der Waals surface area contributed by atoms with Crippen molar-refractivity contribution >= 4 is 11.6 Å². The van der Waals surface area contributed by atoms with Crippen LogP contribution in [0.4, 0.5) is 0 Å². The normalized spacial score (nSPS) is 10.3. The van der Waals surface area contributed by atoms with E-state index in [2.05, 4.69) is 16.2 Å². The lowest BCUT2D eigenvalue weighted by molar-refractivity contribution is 0.432. The summed E-state index contributed by atoms with van der Waals surface area (Å²) in [5.41, 5.74) is 3.18. The van der Waals surface area contributed by atoms with Gasteiger partial charge in [0.1, 0.15) is 0 Å². The van der Waals surface area contributed by atoms with Crippen LogP contribution >= 0.6 is 11.6 Å². The molecule has 0 aliphatic rings. The summed E-state index contributed by atoms with van der Waals surface area (Å²) >= 11 is 5.86. The fraction of sp³-hybridized carbons (Fsp3) is 0.0625. The summed E-state index contributed by atoms with van der Waals surface area (Å²) < 4.78 is 5.31. The third-order valence-electron chi connectivity index (χ3n) is 3.11. The molecule has 0 saturated carbocycles. The quantitative estimate of drug-likeness (QED) is 0.709. The van der Waals surface area contributed by atoms with Crippen LogP contribution < -0.4 is 0 Å². The first-order valence-corrected chi connectivity index (χ1v) is 6.66. The van der Waals surface area contributed by atoms with Gasteiger partial charge >= 0.3 is 0 Å². The van der Waals surface area contributed by atoms with E-state index in [4.69, 9.17) is 21.4 Å². The molecule has 5 heteroatoms. The Kier molecular flexibility index (Phi) is 3.43. The number of rotatable bonds is 2. The lowest BCUT2D eigenvalue weighted by atomic mass is 10.1. The van der Waals surface area contributed by atoms with Crippen LogP contribution in [0.15, 0.2) is 47.0 Å². The van der Waals surface area contributed by atoms with Crippen LogP contribution in [0.1, 0.15) is 11.1 Å². The molecule has 0 bridgehead atoms. The highest BCUT2D eigenvalue weighted by atomic mass is 35.5. The standard InChI is InChI=1S/C16H10ClN3O/c1-10-8-11(9-18)2-7-14(10)16-19-15(20-21-16)12-3-5-13(17)6-4-12/h2-8H,1H3. The third kappa shape index (κ3) is 2.64. The van der Waals surface area contributed by atoms with Crippen molar-refractivity contribution in [2.75, 3.05) is 0 Å². The first-order chi connectivity index (χ1) is 10.2. The zero-order valence-electron chi connectivity index (χ0n) is 11.2. The minimum Gasteiger partial charge on any atom is -0.334 e. The van der Waals surface area contributed by atoms with Gasteiger partial charge in [-0.15, -0.1) is 0 Å². The number of benzene rings is 2. The van der Waals surface area contributed by atoms with E-state index in [-0.39, 0.29) is 0 Å². The highest BCUT2D eigenvalue weighted by molar-refractivity contribution is 6.30. The molecule has 0 radical (unpaired) electrons. The van der Waals surface area contributed by atoms with Crippen molar-refractivity contribution in [3.05, 3.63) is 58.6 Å². The van der Waals surface area contributed by atoms with Gasteiger partial charge in [-0.25, -0.2) is 0 Å². The molecule has 3 aromatic rings. The van der Waals surface area contributed by atoms with Crippen molar-refractivity contribution in [2.45, 2.75) is 6.92 Å². The Hall–Kier alpha value is -2.64. The molecule has 0 spiro atoms. The van der Waals surface area contributed by atoms with Gasteiger partial charge in [-0.05, 0) is 55.0 Å². The van der Waals surface area contributed by atoms with Gasteiger partial charge in [0, 0.05) is 16.1 Å². The lowest BCUT2D eigenvalue weighted by Crippen LogP contribution is -1.86. The second kappa shape index (κ2) is 5.39. The van der Waals surface area contributed by atoms with Crippen LogP contribution in [-0.2, 0) is 0 Å². The Morgan fingerprint density at radius 3 is 2.57 bits per heavy atom. The smallest absolute Gasteiger partial charge is 0.258 e. The first kappa shape index (κ1) is 13.3. The molecular formula is C16H10ClN3O. The lowest BCUT2D eigenvalue weighted by Gasteiger charge is -2.00. The molecule has 0 fully saturated rings. The van der Waals surface area contributed by atoms with Gasteiger partial charge in [0.2, 0.25) is 5.82 Å². The van der Waals surface area contributed by atoms with E-state index in [0.29, 0.717) is 22.3 Å². The molecule has 0 unspecified atom stereocenters. The molecule has 102 valence electrons. The first-order valence-electron chi connectivity index (χ1n) is 6.28. The van der Waals surface area contributed by atoms with Gasteiger partial charge < -0.3 is 4.52 Å². The Labute approximate surface area is 126 Å². The third-order valence-corrected chi connectivity index (χ3v) is 3.37. The summed E-state index contributed by atoms with van der Waals surface area (Å²) in [6.45, 7) is 1.91. The predicted molar refractivity (Wildman–Crippen MR) is 79.6 cm³/mol. The summed E-state index contributed by atoms with van der Waals surface area (Å²) in [4.78, 5) is 4.39. The summed E-state index contributed by atoms with van der Waals surface area (Å²) in [6, 6.07) is 14.7. The van der Waals surface area contributed by atoms with Crippen LogP contribution in [-0.4, -0.2) is 10.1 Å². The molecule has 21 heavy (non-hydrogen) atoms. The Bertz CT molecular complexity index is 831. The minimum absolute atomic E-state index is 0.432. The van der Waals surface area contributed by atoms with Gasteiger partial charge in [-0.1, -0.05) is 16.8 Å². The van der Waals surface area contributed by atoms with Crippen LogP contribution in [0, 0.1) is 18.3 Å². The van der Waals surface area contributed by atoms with Crippen LogP contribution in [0.2, 0.25) is 5.02 Å². The zero-order valence-corrected chi connectivity index (χ0v) is 11.9. The SMILES string of the molecule is Cc1cc(C#N)ccc1-c1nc(-c2ccc(Cl)cc2)no1. The molecule has 0 atom stereocenters. The molecule has 0 amide bonds. The van der Waals surface area contributed by atoms with Crippen molar-refractivity contribution in [3.63, 3.8) is 0 Å². The number of aryl methyl sites for hydroxylation is 1. The fourth-order valence-electron chi connectivity index (χ4n) is 2.02. The second-order valence-corrected chi connectivity index (χ2v) is 5.01. The van der Waals surface area contributed by atoms with E-state index < -0.39 is 0 Å². The number of aromatic nitrogens is 2. The molecule has 0 N–H and O–H groups in total. The maximum absolute atomic E-state index is 8.89. The van der Waals surface area contributed by atoms with Crippen molar-refractivity contribution < 1.29 is 4.52 Å². The molecule has 1 heterocycles. The van der Waals surface area contributed by atoms with Crippen molar-refractivity contribution in [2.24, 2.45) is 0 Å². The van der Waals surface area contributed by atoms with Crippen molar-refractivity contribution in [1.29, 1.82) is 5.26 Å². The number of hydrogen-bond acceptors (Lipinski definition) is 4.